The van der Waals surface area contributed by atoms with E-state index in [4.69, 9.17) is 21.8 Å². The van der Waals surface area contributed by atoms with Gasteiger partial charge in [-0.3, -0.25) is 4.79 Å². The second-order valence-electron chi connectivity index (χ2n) is 4.66. The predicted octanol–water partition coefficient (Wildman–Crippen LogP) is 4.10. The van der Waals surface area contributed by atoms with Gasteiger partial charge in [0.1, 0.15) is 5.58 Å². The van der Waals surface area contributed by atoms with E-state index in [2.05, 4.69) is 0 Å². The number of halogens is 2. The Bertz CT molecular complexity index is 846. The summed E-state index contributed by atoms with van der Waals surface area (Å²) in [4.78, 5) is 10.7. The normalized spacial score (nSPS) is 11.3. The molecule has 0 radical (unpaired) electrons. The van der Waals surface area contributed by atoms with Gasteiger partial charge in [0.05, 0.1) is 5.75 Å². The van der Waals surface area contributed by atoms with E-state index < -0.39 is 5.82 Å². The van der Waals surface area contributed by atoms with Crippen LogP contribution in [0.1, 0.15) is 5.56 Å². The number of thioether (sulfide) groups is 1. The van der Waals surface area contributed by atoms with Crippen LogP contribution in [0.3, 0.4) is 0 Å². The van der Waals surface area contributed by atoms with Gasteiger partial charge in [0.2, 0.25) is 5.91 Å². The van der Waals surface area contributed by atoms with Gasteiger partial charge in [0.15, 0.2) is 11.4 Å². The average molecular weight is 324 g/mol. The molecule has 3 aromatic rings. The van der Waals surface area contributed by atoms with Gasteiger partial charge < -0.3 is 10.2 Å². The third-order valence-corrected chi connectivity index (χ3v) is 4.32. The molecule has 3 rings (SSSR count). The minimum Gasteiger partial charge on any atom is -0.453 e. The first-order chi connectivity index (χ1) is 10.0. The number of benzene rings is 2. The number of amides is 1. The first-order valence-corrected chi connectivity index (χ1v) is 7.74. The fourth-order valence-electron chi connectivity index (χ4n) is 2.22. The summed E-state index contributed by atoms with van der Waals surface area (Å²) in [6.07, 6.45) is 0. The summed E-state index contributed by atoms with van der Waals surface area (Å²) in [6.45, 7) is 0. The number of nitrogens with two attached hydrogens (primary N) is 1. The molecule has 0 spiro atoms. The topological polar surface area (TPSA) is 56.2 Å². The van der Waals surface area contributed by atoms with Crippen molar-refractivity contribution in [3.05, 3.63) is 46.7 Å². The zero-order chi connectivity index (χ0) is 15.0. The Morgan fingerprint density at radius 2 is 2.10 bits per heavy atom. The van der Waals surface area contributed by atoms with Crippen LogP contribution < -0.4 is 5.73 Å². The van der Waals surface area contributed by atoms with Crippen molar-refractivity contribution in [2.24, 2.45) is 5.73 Å². The molecule has 0 aliphatic carbocycles. The van der Waals surface area contributed by atoms with Crippen molar-refractivity contribution in [1.29, 1.82) is 0 Å². The molecule has 0 fully saturated rings. The van der Waals surface area contributed by atoms with Crippen molar-refractivity contribution < 1.29 is 13.6 Å². The lowest BCUT2D eigenvalue weighted by Gasteiger charge is -2.01. The van der Waals surface area contributed by atoms with Gasteiger partial charge in [-0.15, -0.1) is 11.8 Å². The molecule has 2 N–H and O–H groups in total. The number of rotatable bonds is 4. The van der Waals surface area contributed by atoms with Crippen molar-refractivity contribution >= 4 is 51.2 Å². The van der Waals surface area contributed by atoms with Gasteiger partial charge in [-0.1, -0.05) is 11.6 Å². The monoisotopic (exact) mass is 323 g/mol. The van der Waals surface area contributed by atoms with E-state index >= 15 is 0 Å². The van der Waals surface area contributed by atoms with Crippen LogP contribution in [-0.4, -0.2) is 11.7 Å². The molecule has 3 nitrogen and oxygen atoms in total. The predicted molar refractivity (Wildman–Crippen MR) is 84.0 cm³/mol. The molecule has 21 heavy (non-hydrogen) atoms. The first-order valence-electron chi connectivity index (χ1n) is 6.21. The van der Waals surface area contributed by atoms with Crippen LogP contribution in [0.4, 0.5) is 4.39 Å². The highest BCUT2D eigenvalue weighted by Gasteiger charge is 2.13. The van der Waals surface area contributed by atoms with Gasteiger partial charge in [0, 0.05) is 21.5 Å². The molecule has 0 atom stereocenters. The van der Waals surface area contributed by atoms with Crippen LogP contribution in [0.2, 0.25) is 5.02 Å². The smallest absolute Gasteiger partial charge is 0.227 e. The standard InChI is InChI=1S/C15H11ClFNO2S/c16-9-1-2-13-10(5-9)11-3-8(6-21-7-14(18)19)4-12(17)15(11)20-13/h1-5H,6-7H2,(H2,18,19). The molecule has 0 aliphatic rings. The van der Waals surface area contributed by atoms with E-state index in [0.29, 0.717) is 21.7 Å². The lowest BCUT2D eigenvalue weighted by Crippen LogP contribution is -2.13. The van der Waals surface area contributed by atoms with Gasteiger partial charge >= 0.3 is 0 Å². The Hall–Kier alpha value is -1.72. The fourth-order valence-corrected chi connectivity index (χ4v) is 3.10. The lowest BCUT2D eigenvalue weighted by molar-refractivity contribution is -0.115. The van der Waals surface area contributed by atoms with Crippen LogP contribution in [0.25, 0.3) is 21.9 Å². The van der Waals surface area contributed by atoms with Crippen LogP contribution >= 0.6 is 23.4 Å². The highest BCUT2D eigenvalue weighted by molar-refractivity contribution is 7.99. The van der Waals surface area contributed by atoms with E-state index in [1.54, 1.807) is 18.2 Å². The van der Waals surface area contributed by atoms with Gasteiger partial charge in [-0.25, -0.2) is 4.39 Å². The molecule has 0 bridgehead atoms. The van der Waals surface area contributed by atoms with Crippen LogP contribution in [0.15, 0.2) is 34.7 Å². The minimum atomic E-state index is -0.422. The highest BCUT2D eigenvalue weighted by Crippen LogP contribution is 2.33. The molecule has 1 aromatic heterocycles. The third kappa shape index (κ3) is 2.84. The second kappa shape index (κ2) is 5.58. The number of hydrogen-bond donors (Lipinski definition) is 1. The maximum atomic E-state index is 14.1. The zero-order valence-corrected chi connectivity index (χ0v) is 12.4. The van der Waals surface area contributed by atoms with Gasteiger partial charge in [0.25, 0.3) is 0 Å². The molecular weight excluding hydrogens is 313 g/mol. The molecular formula is C15H11ClFNO2S. The Morgan fingerprint density at radius 3 is 2.86 bits per heavy atom. The molecule has 0 saturated carbocycles. The summed E-state index contributed by atoms with van der Waals surface area (Å²) < 4.78 is 19.7. The van der Waals surface area contributed by atoms with E-state index in [1.807, 2.05) is 6.07 Å². The summed E-state index contributed by atoms with van der Waals surface area (Å²) >= 11 is 7.33. The van der Waals surface area contributed by atoms with E-state index in [1.165, 1.54) is 17.8 Å². The van der Waals surface area contributed by atoms with Crippen LogP contribution in [-0.2, 0) is 10.5 Å². The molecule has 0 saturated heterocycles. The number of primary amides is 1. The van der Waals surface area contributed by atoms with E-state index in [9.17, 15) is 9.18 Å². The maximum Gasteiger partial charge on any atom is 0.227 e. The molecule has 0 aliphatic heterocycles. The molecule has 0 unspecified atom stereocenters. The molecule has 6 heteroatoms. The molecule has 1 heterocycles. The summed E-state index contributed by atoms with van der Waals surface area (Å²) in [5, 5.41) is 2.03. The van der Waals surface area contributed by atoms with Crippen LogP contribution in [0.5, 0.6) is 0 Å². The van der Waals surface area contributed by atoms with E-state index in [0.717, 1.165) is 10.9 Å². The third-order valence-electron chi connectivity index (χ3n) is 3.06. The lowest BCUT2D eigenvalue weighted by atomic mass is 10.1. The summed E-state index contributed by atoms with van der Waals surface area (Å²) in [5.41, 5.74) is 6.67. The Labute approximate surface area is 129 Å². The molecule has 108 valence electrons. The largest absolute Gasteiger partial charge is 0.453 e. The quantitative estimate of drug-likeness (QED) is 0.786. The number of carbonyl (C=O) groups is 1. The number of hydrogen-bond acceptors (Lipinski definition) is 3. The zero-order valence-electron chi connectivity index (χ0n) is 10.9. The first kappa shape index (κ1) is 14.2. The Kier molecular flexibility index (Phi) is 3.78. The molecule has 2 aromatic carbocycles. The maximum absolute atomic E-state index is 14.1. The number of carbonyl (C=O) groups excluding carboxylic acids is 1. The summed E-state index contributed by atoms with van der Waals surface area (Å²) in [6, 6.07) is 8.45. The minimum absolute atomic E-state index is 0.206. The summed E-state index contributed by atoms with van der Waals surface area (Å²) in [5.74, 6) is -0.0997. The van der Waals surface area contributed by atoms with Crippen molar-refractivity contribution in [3.8, 4) is 0 Å². The SMILES string of the molecule is NC(=O)CSCc1cc(F)c2oc3ccc(Cl)cc3c2c1. The van der Waals surface area contributed by atoms with Gasteiger partial charge in [-0.05, 0) is 35.9 Å². The van der Waals surface area contributed by atoms with Crippen LogP contribution in [0, 0.1) is 5.82 Å². The van der Waals surface area contributed by atoms with Gasteiger partial charge in [-0.2, -0.15) is 0 Å². The van der Waals surface area contributed by atoms with E-state index in [-0.39, 0.29) is 17.2 Å². The van der Waals surface area contributed by atoms with Crippen molar-refractivity contribution in [2.45, 2.75) is 5.75 Å². The molecule has 1 amide bonds. The number of furan rings is 1. The Morgan fingerprint density at radius 1 is 1.29 bits per heavy atom. The van der Waals surface area contributed by atoms with Crippen molar-refractivity contribution in [3.63, 3.8) is 0 Å². The number of fused-ring (bicyclic) bond motifs is 3. The van der Waals surface area contributed by atoms with Crippen molar-refractivity contribution in [2.75, 3.05) is 5.75 Å². The second-order valence-corrected chi connectivity index (χ2v) is 6.08. The summed E-state index contributed by atoms with van der Waals surface area (Å²) in [7, 11) is 0. The average Bonchev–Trinajstić information content (AvgIpc) is 2.77. The van der Waals surface area contributed by atoms with Crippen molar-refractivity contribution in [1.82, 2.24) is 0 Å². The fraction of sp³-hybridized carbons (Fsp3) is 0.133. The highest BCUT2D eigenvalue weighted by atomic mass is 35.5. The Balaban J connectivity index is 2.06.